The molecule has 1 unspecified atom stereocenters. The Labute approximate surface area is 143 Å². The van der Waals surface area contributed by atoms with Crippen molar-refractivity contribution < 1.29 is 4.79 Å². The fourth-order valence-electron chi connectivity index (χ4n) is 2.54. The first-order valence-corrected chi connectivity index (χ1v) is 9.07. The number of thiophene rings is 1. The highest BCUT2D eigenvalue weighted by atomic mass is 32.2. The summed E-state index contributed by atoms with van der Waals surface area (Å²) in [7, 11) is 0. The highest BCUT2D eigenvalue weighted by Crippen LogP contribution is 2.42. The molecule has 0 saturated carbocycles. The van der Waals surface area contributed by atoms with Gasteiger partial charge in [0, 0.05) is 10.4 Å². The van der Waals surface area contributed by atoms with Crippen molar-refractivity contribution in [2.24, 2.45) is 5.73 Å². The van der Waals surface area contributed by atoms with Crippen LogP contribution in [-0.2, 0) is 4.79 Å². The molecule has 0 spiro atoms. The molecule has 0 aliphatic heterocycles. The minimum Gasteiger partial charge on any atom is -0.369 e. The maximum atomic E-state index is 11.6. The van der Waals surface area contributed by atoms with Gasteiger partial charge in [0.1, 0.15) is 16.2 Å². The molecule has 0 radical (unpaired) electrons. The highest BCUT2D eigenvalue weighted by molar-refractivity contribution is 8.00. The fraction of sp³-hybridized carbons (Fsp3) is 0.235. The topological polar surface area (TPSA) is 68.9 Å². The number of hydrogen-bond donors (Lipinski definition) is 1. The second-order valence-corrected chi connectivity index (χ2v) is 7.57. The summed E-state index contributed by atoms with van der Waals surface area (Å²) in [5, 5.41) is 1.56. The number of nitrogens with zero attached hydrogens (tertiary/aromatic N) is 2. The lowest BCUT2D eigenvalue weighted by atomic mass is 10.0. The third-order valence-corrected chi connectivity index (χ3v) is 6.03. The zero-order valence-electron chi connectivity index (χ0n) is 12.9. The Hall–Kier alpha value is -1.92. The molecule has 0 fully saturated rings. The van der Waals surface area contributed by atoms with Crippen molar-refractivity contribution in [3.8, 4) is 11.1 Å². The fourth-order valence-corrected chi connectivity index (χ4v) is 4.59. The Kier molecular flexibility index (Phi) is 4.63. The molecule has 6 heteroatoms. The van der Waals surface area contributed by atoms with Crippen LogP contribution < -0.4 is 5.73 Å². The summed E-state index contributed by atoms with van der Waals surface area (Å²) < 4.78 is 0. The van der Waals surface area contributed by atoms with Gasteiger partial charge in [0.15, 0.2) is 0 Å². The lowest BCUT2D eigenvalue weighted by molar-refractivity contribution is -0.117. The van der Waals surface area contributed by atoms with Gasteiger partial charge < -0.3 is 5.73 Å². The zero-order valence-corrected chi connectivity index (χ0v) is 14.6. The first-order valence-electron chi connectivity index (χ1n) is 7.37. The van der Waals surface area contributed by atoms with E-state index in [1.54, 1.807) is 17.7 Å². The molecule has 0 bridgehead atoms. The van der Waals surface area contributed by atoms with Crippen LogP contribution >= 0.6 is 23.1 Å². The zero-order chi connectivity index (χ0) is 16.4. The van der Waals surface area contributed by atoms with Crippen molar-refractivity contribution in [3.05, 3.63) is 41.5 Å². The summed E-state index contributed by atoms with van der Waals surface area (Å²) in [6.07, 6.45) is 2.23. The van der Waals surface area contributed by atoms with E-state index in [0.717, 1.165) is 26.4 Å². The van der Waals surface area contributed by atoms with Gasteiger partial charge in [-0.25, -0.2) is 9.97 Å². The molecule has 23 heavy (non-hydrogen) atoms. The lowest BCUT2D eigenvalue weighted by Gasteiger charge is -2.11. The number of carbonyl (C=O) groups excluding carboxylic acids is 1. The third kappa shape index (κ3) is 3.09. The van der Waals surface area contributed by atoms with Gasteiger partial charge in [0.05, 0.1) is 10.6 Å². The van der Waals surface area contributed by atoms with Gasteiger partial charge in [0.2, 0.25) is 5.91 Å². The van der Waals surface area contributed by atoms with Crippen molar-refractivity contribution >= 4 is 39.2 Å². The maximum Gasteiger partial charge on any atom is 0.230 e. The monoisotopic (exact) mass is 343 g/mol. The van der Waals surface area contributed by atoms with Gasteiger partial charge in [-0.05, 0) is 18.9 Å². The Morgan fingerprint density at radius 1 is 1.30 bits per heavy atom. The number of amides is 1. The SMILES string of the molecule is CCC(Sc1ncnc2sc(C)c(-c3ccccc3)c12)C(N)=O. The minimum absolute atomic E-state index is 0.281. The summed E-state index contributed by atoms with van der Waals surface area (Å²) in [4.78, 5) is 22.6. The first kappa shape index (κ1) is 16.0. The quantitative estimate of drug-likeness (QED) is 0.561. The van der Waals surface area contributed by atoms with Gasteiger partial charge in [-0.3, -0.25) is 4.79 Å². The predicted molar refractivity (Wildman–Crippen MR) is 96.7 cm³/mol. The van der Waals surface area contributed by atoms with Crippen LogP contribution in [0.1, 0.15) is 18.2 Å². The van der Waals surface area contributed by atoms with E-state index in [0.29, 0.717) is 6.42 Å². The molecule has 1 aromatic carbocycles. The lowest BCUT2D eigenvalue weighted by Crippen LogP contribution is -2.24. The van der Waals surface area contributed by atoms with Gasteiger partial charge in [-0.15, -0.1) is 11.3 Å². The number of rotatable bonds is 5. The molecular formula is C17H17N3OS2. The number of hydrogen-bond acceptors (Lipinski definition) is 5. The smallest absolute Gasteiger partial charge is 0.230 e. The highest BCUT2D eigenvalue weighted by Gasteiger charge is 2.21. The number of aryl methyl sites for hydroxylation is 1. The average molecular weight is 343 g/mol. The van der Waals surface area contributed by atoms with Crippen molar-refractivity contribution in [2.45, 2.75) is 30.5 Å². The van der Waals surface area contributed by atoms with Crippen molar-refractivity contribution in [1.82, 2.24) is 9.97 Å². The van der Waals surface area contributed by atoms with Crippen LogP contribution in [0.15, 0.2) is 41.7 Å². The normalized spacial score (nSPS) is 12.4. The maximum absolute atomic E-state index is 11.6. The Morgan fingerprint density at radius 2 is 2.04 bits per heavy atom. The van der Waals surface area contributed by atoms with Crippen molar-refractivity contribution in [1.29, 1.82) is 0 Å². The van der Waals surface area contributed by atoms with Crippen LogP contribution in [-0.4, -0.2) is 21.1 Å². The van der Waals surface area contributed by atoms with Crippen molar-refractivity contribution in [2.75, 3.05) is 0 Å². The summed E-state index contributed by atoms with van der Waals surface area (Å²) in [5.74, 6) is -0.308. The summed E-state index contributed by atoms with van der Waals surface area (Å²) >= 11 is 3.08. The molecule has 1 atom stereocenters. The molecule has 2 N–H and O–H groups in total. The molecule has 2 heterocycles. The first-order chi connectivity index (χ1) is 11.1. The van der Waals surface area contributed by atoms with Crippen LogP contribution in [0.3, 0.4) is 0 Å². The second-order valence-electron chi connectivity index (χ2n) is 5.18. The number of aromatic nitrogens is 2. The predicted octanol–water partition coefficient (Wildman–Crippen LogP) is 4.02. The molecule has 0 aliphatic rings. The van der Waals surface area contributed by atoms with Gasteiger partial charge in [-0.2, -0.15) is 0 Å². The van der Waals surface area contributed by atoms with Crippen LogP contribution in [0, 0.1) is 6.92 Å². The van der Waals surface area contributed by atoms with E-state index in [1.165, 1.54) is 16.6 Å². The van der Waals surface area contributed by atoms with Gasteiger partial charge >= 0.3 is 0 Å². The molecule has 2 aromatic heterocycles. The Morgan fingerprint density at radius 3 is 2.70 bits per heavy atom. The number of fused-ring (bicyclic) bond motifs is 1. The molecule has 0 aliphatic carbocycles. The molecule has 118 valence electrons. The molecule has 1 amide bonds. The number of benzene rings is 1. The van der Waals surface area contributed by atoms with Crippen LogP contribution in [0.4, 0.5) is 0 Å². The summed E-state index contributed by atoms with van der Waals surface area (Å²) in [6.45, 7) is 4.05. The Balaban J connectivity index is 2.18. The molecule has 3 rings (SSSR count). The molecule has 0 saturated heterocycles. The number of carbonyl (C=O) groups is 1. The van der Waals surface area contributed by atoms with Crippen LogP contribution in [0.25, 0.3) is 21.3 Å². The van der Waals surface area contributed by atoms with E-state index in [9.17, 15) is 4.79 Å². The standard InChI is InChI=1S/C17H17N3OS2/c1-3-12(15(18)21)23-17-14-13(11-7-5-4-6-8-11)10(2)22-16(14)19-9-20-17/h4-9,12H,3H2,1-2H3,(H2,18,21). The van der Waals surface area contributed by atoms with Gasteiger partial charge in [-0.1, -0.05) is 49.0 Å². The van der Waals surface area contributed by atoms with E-state index < -0.39 is 0 Å². The molecule has 4 nitrogen and oxygen atoms in total. The average Bonchev–Trinajstić information content (AvgIpc) is 2.89. The van der Waals surface area contributed by atoms with E-state index in [-0.39, 0.29) is 11.2 Å². The molecule has 3 aromatic rings. The largest absolute Gasteiger partial charge is 0.369 e. The minimum atomic E-state index is -0.308. The number of nitrogens with two attached hydrogens (primary N) is 1. The number of primary amides is 1. The van der Waals surface area contributed by atoms with Crippen LogP contribution in [0.5, 0.6) is 0 Å². The molecular weight excluding hydrogens is 326 g/mol. The second kappa shape index (κ2) is 6.68. The van der Waals surface area contributed by atoms with E-state index in [1.807, 2.05) is 25.1 Å². The Bertz CT molecular complexity index is 846. The van der Waals surface area contributed by atoms with E-state index in [4.69, 9.17) is 5.73 Å². The van der Waals surface area contributed by atoms with Gasteiger partial charge in [0.25, 0.3) is 0 Å². The third-order valence-electron chi connectivity index (χ3n) is 3.63. The van der Waals surface area contributed by atoms with Crippen LogP contribution in [0.2, 0.25) is 0 Å². The number of thioether (sulfide) groups is 1. The summed E-state index contributed by atoms with van der Waals surface area (Å²) in [6, 6.07) is 10.2. The van der Waals surface area contributed by atoms with E-state index in [2.05, 4.69) is 29.0 Å². The summed E-state index contributed by atoms with van der Waals surface area (Å²) in [5.41, 5.74) is 7.78. The van der Waals surface area contributed by atoms with E-state index >= 15 is 0 Å². The van der Waals surface area contributed by atoms with Crippen molar-refractivity contribution in [3.63, 3.8) is 0 Å².